The monoisotopic (exact) mass is 225 g/mol. The molecule has 0 spiro atoms. The van der Waals surface area contributed by atoms with Gasteiger partial charge in [0.05, 0.1) is 0 Å². The predicted octanol–water partition coefficient (Wildman–Crippen LogP) is 1.19. The van der Waals surface area contributed by atoms with Gasteiger partial charge in [0.15, 0.2) is 0 Å². The third-order valence-corrected chi connectivity index (χ3v) is 3.21. The van der Waals surface area contributed by atoms with Crippen LogP contribution in [-0.2, 0) is 9.53 Å². The molecular formula is C8H13F2NO2S. The lowest BCUT2D eigenvalue weighted by Gasteiger charge is -2.32. The fourth-order valence-electron chi connectivity index (χ4n) is 1.31. The number of alkyl halides is 2. The maximum atomic E-state index is 11.7. The summed E-state index contributed by atoms with van der Waals surface area (Å²) in [5.41, 5.74) is 0. The van der Waals surface area contributed by atoms with Crippen LogP contribution in [0.3, 0.4) is 0 Å². The summed E-state index contributed by atoms with van der Waals surface area (Å²) in [4.78, 5) is 13.0. The van der Waals surface area contributed by atoms with Crippen LogP contribution in [0.2, 0.25) is 0 Å². The summed E-state index contributed by atoms with van der Waals surface area (Å²) >= 11 is 1.77. The number of nitrogens with zero attached hydrogens (tertiary/aromatic N) is 1. The topological polar surface area (TPSA) is 29.5 Å². The molecule has 3 nitrogen and oxygen atoms in total. The van der Waals surface area contributed by atoms with E-state index in [1.165, 1.54) is 0 Å². The zero-order chi connectivity index (χ0) is 10.6. The van der Waals surface area contributed by atoms with Gasteiger partial charge in [-0.15, -0.1) is 0 Å². The number of thioether (sulfide) groups is 1. The molecule has 1 fully saturated rings. The first-order valence-electron chi connectivity index (χ1n) is 4.38. The summed E-state index contributed by atoms with van der Waals surface area (Å²) in [5, 5.41) is 0. The van der Waals surface area contributed by atoms with Crippen molar-refractivity contribution in [2.75, 3.05) is 24.7 Å². The Labute approximate surface area is 85.8 Å². The van der Waals surface area contributed by atoms with Crippen molar-refractivity contribution in [3.05, 3.63) is 0 Å². The highest BCUT2D eigenvalue weighted by atomic mass is 32.2. The molecule has 0 aromatic rings. The molecule has 1 aliphatic rings. The normalized spacial score (nSPS) is 22.9. The van der Waals surface area contributed by atoms with Gasteiger partial charge in [0, 0.05) is 24.1 Å². The average Bonchev–Trinajstić information content (AvgIpc) is 2.15. The highest BCUT2D eigenvalue weighted by Crippen LogP contribution is 2.16. The standard InChI is InChI=1S/C8H13F2NO2S/c1-6-5-14-3-2-11(6)7(12)4-13-8(9)10/h6,8H,2-5H2,1H3. The largest absolute Gasteiger partial charge is 0.345 e. The Morgan fingerprint density at radius 1 is 1.71 bits per heavy atom. The lowest BCUT2D eigenvalue weighted by atomic mass is 10.3. The number of ether oxygens (including phenoxy) is 1. The summed E-state index contributed by atoms with van der Waals surface area (Å²) in [6.45, 7) is -0.857. The van der Waals surface area contributed by atoms with Gasteiger partial charge in [0.1, 0.15) is 6.61 Å². The van der Waals surface area contributed by atoms with E-state index in [-0.39, 0.29) is 11.9 Å². The van der Waals surface area contributed by atoms with Gasteiger partial charge < -0.3 is 9.64 Å². The summed E-state index contributed by atoms with van der Waals surface area (Å²) < 4.78 is 27.3. The molecule has 0 aliphatic carbocycles. The fraction of sp³-hybridized carbons (Fsp3) is 0.875. The molecular weight excluding hydrogens is 212 g/mol. The Balaban J connectivity index is 2.34. The van der Waals surface area contributed by atoms with Crippen molar-refractivity contribution in [2.45, 2.75) is 19.6 Å². The summed E-state index contributed by atoms with van der Waals surface area (Å²) in [6.07, 6.45) is 0. The molecule has 1 heterocycles. The van der Waals surface area contributed by atoms with Crippen LogP contribution in [-0.4, -0.2) is 48.1 Å². The average molecular weight is 225 g/mol. The summed E-state index contributed by atoms with van der Waals surface area (Å²) in [5.74, 6) is 1.38. The lowest BCUT2D eigenvalue weighted by Crippen LogP contribution is -2.46. The SMILES string of the molecule is CC1CSCCN1C(=O)COC(F)F. The van der Waals surface area contributed by atoms with E-state index in [1.54, 1.807) is 16.7 Å². The third kappa shape index (κ3) is 3.42. The smallest absolute Gasteiger partial charge is 0.336 e. The van der Waals surface area contributed by atoms with Gasteiger partial charge in [-0.2, -0.15) is 20.5 Å². The minimum absolute atomic E-state index is 0.113. The van der Waals surface area contributed by atoms with E-state index < -0.39 is 13.2 Å². The number of hydrogen-bond donors (Lipinski definition) is 0. The summed E-state index contributed by atoms with van der Waals surface area (Å²) in [7, 11) is 0. The van der Waals surface area contributed by atoms with Crippen molar-refractivity contribution in [1.82, 2.24) is 4.90 Å². The van der Waals surface area contributed by atoms with E-state index in [0.717, 1.165) is 11.5 Å². The van der Waals surface area contributed by atoms with Crippen LogP contribution in [0, 0.1) is 0 Å². The lowest BCUT2D eigenvalue weighted by molar-refractivity contribution is -0.160. The van der Waals surface area contributed by atoms with Crippen LogP contribution in [0.5, 0.6) is 0 Å². The van der Waals surface area contributed by atoms with Gasteiger partial charge in [0.25, 0.3) is 0 Å². The quantitative estimate of drug-likeness (QED) is 0.722. The molecule has 0 saturated carbocycles. The zero-order valence-corrected chi connectivity index (χ0v) is 8.73. The predicted molar refractivity (Wildman–Crippen MR) is 50.5 cm³/mol. The molecule has 0 aromatic heterocycles. The number of carbonyl (C=O) groups excluding carboxylic acids is 1. The van der Waals surface area contributed by atoms with Crippen LogP contribution in [0.15, 0.2) is 0 Å². The maximum Gasteiger partial charge on any atom is 0.345 e. The van der Waals surface area contributed by atoms with Crippen LogP contribution in [0.4, 0.5) is 8.78 Å². The van der Waals surface area contributed by atoms with Crippen molar-refractivity contribution in [3.8, 4) is 0 Å². The van der Waals surface area contributed by atoms with Crippen molar-refractivity contribution >= 4 is 17.7 Å². The summed E-state index contributed by atoms with van der Waals surface area (Å²) in [6, 6.07) is 0.113. The van der Waals surface area contributed by atoms with E-state index in [0.29, 0.717) is 6.54 Å². The molecule has 0 N–H and O–H groups in total. The van der Waals surface area contributed by atoms with Gasteiger partial charge in [-0.3, -0.25) is 4.79 Å². The Morgan fingerprint density at radius 3 is 3.00 bits per heavy atom. The van der Waals surface area contributed by atoms with Crippen LogP contribution < -0.4 is 0 Å². The number of amides is 1. The number of carbonyl (C=O) groups is 1. The molecule has 14 heavy (non-hydrogen) atoms. The van der Waals surface area contributed by atoms with Gasteiger partial charge in [-0.1, -0.05) is 0 Å². The first-order valence-corrected chi connectivity index (χ1v) is 5.53. The van der Waals surface area contributed by atoms with Crippen LogP contribution in [0.25, 0.3) is 0 Å². The molecule has 82 valence electrons. The molecule has 6 heteroatoms. The molecule has 1 rings (SSSR count). The van der Waals surface area contributed by atoms with Crippen LogP contribution >= 0.6 is 11.8 Å². The van der Waals surface area contributed by atoms with Gasteiger partial charge in [-0.25, -0.2) is 0 Å². The first-order chi connectivity index (χ1) is 6.61. The first kappa shape index (κ1) is 11.7. The van der Waals surface area contributed by atoms with Crippen molar-refractivity contribution < 1.29 is 18.3 Å². The van der Waals surface area contributed by atoms with Gasteiger partial charge >= 0.3 is 6.61 Å². The second-order valence-electron chi connectivity index (χ2n) is 3.08. The molecule has 0 radical (unpaired) electrons. The third-order valence-electron chi connectivity index (χ3n) is 2.02. The maximum absolute atomic E-state index is 11.7. The van der Waals surface area contributed by atoms with Crippen molar-refractivity contribution in [3.63, 3.8) is 0 Å². The molecule has 1 saturated heterocycles. The molecule has 0 bridgehead atoms. The number of halogens is 2. The van der Waals surface area contributed by atoms with Crippen LogP contribution in [0.1, 0.15) is 6.92 Å². The van der Waals surface area contributed by atoms with Gasteiger partial charge in [-0.05, 0) is 6.92 Å². The highest BCUT2D eigenvalue weighted by molar-refractivity contribution is 7.99. The Bertz CT molecular complexity index is 204. The number of hydrogen-bond acceptors (Lipinski definition) is 3. The Morgan fingerprint density at radius 2 is 2.43 bits per heavy atom. The second-order valence-corrected chi connectivity index (χ2v) is 4.23. The van der Waals surface area contributed by atoms with E-state index in [1.807, 2.05) is 6.92 Å². The fourth-order valence-corrected chi connectivity index (χ4v) is 2.33. The molecule has 1 aliphatic heterocycles. The molecule has 1 atom stereocenters. The molecule has 1 unspecified atom stereocenters. The highest BCUT2D eigenvalue weighted by Gasteiger charge is 2.23. The minimum atomic E-state index is -2.87. The van der Waals surface area contributed by atoms with Crippen molar-refractivity contribution in [1.29, 1.82) is 0 Å². The van der Waals surface area contributed by atoms with Gasteiger partial charge in [0.2, 0.25) is 5.91 Å². The van der Waals surface area contributed by atoms with Crippen molar-refractivity contribution in [2.24, 2.45) is 0 Å². The van der Waals surface area contributed by atoms with E-state index in [4.69, 9.17) is 0 Å². The Hall–Kier alpha value is -0.360. The minimum Gasteiger partial charge on any atom is -0.336 e. The zero-order valence-electron chi connectivity index (χ0n) is 7.91. The number of rotatable bonds is 3. The van der Waals surface area contributed by atoms with E-state index in [9.17, 15) is 13.6 Å². The van der Waals surface area contributed by atoms with E-state index in [2.05, 4.69) is 4.74 Å². The molecule has 1 amide bonds. The molecule has 0 aromatic carbocycles. The van der Waals surface area contributed by atoms with E-state index >= 15 is 0 Å². The Kier molecular flexibility index (Phi) is 4.60. The second kappa shape index (κ2) is 5.50.